The van der Waals surface area contributed by atoms with Crippen LogP contribution in [0, 0.1) is 5.41 Å². The number of amides is 1. The van der Waals surface area contributed by atoms with E-state index in [1.165, 1.54) is 0 Å². The second-order valence-electron chi connectivity index (χ2n) is 5.50. The minimum Gasteiger partial charge on any atom is -0.380 e. The predicted molar refractivity (Wildman–Crippen MR) is 80.6 cm³/mol. The minimum absolute atomic E-state index is 0.132. The first-order chi connectivity index (χ1) is 9.72. The molecule has 1 fully saturated rings. The van der Waals surface area contributed by atoms with E-state index in [1.54, 1.807) is 7.11 Å². The smallest absolute Gasteiger partial charge is 0.231 e. The molecule has 0 aliphatic carbocycles. The molecule has 110 valence electrons. The Hall–Kier alpha value is -1.39. The summed E-state index contributed by atoms with van der Waals surface area (Å²) in [6, 6.07) is 7.82. The number of methoxy groups -OCH3 is 1. The molecule has 0 bridgehead atoms. The van der Waals surface area contributed by atoms with E-state index in [9.17, 15) is 4.79 Å². The second kappa shape index (κ2) is 6.86. The van der Waals surface area contributed by atoms with Crippen molar-refractivity contribution >= 4 is 11.6 Å². The van der Waals surface area contributed by atoms with Crippen molar-refractivity contribution in [3.05, 3.63) is 29.8 Å². The number of benzene rings is 1. The van der Waals surface area contributed by atoms with Gasteiger partial charge in [-0.3, -0.25) is 4.79 Å². The summed E-state index contributed by atoms with van der Waals surface area (Å²) < 4.78 is 5.18. The number of ether oxygens (including phenoxy) is 1. The largest absolute Gasteiger partial charge is 0.380 e. The molecule has 1 aliphatic rings. The fraction of sp³-hybridized carbons (Fsp3) is 0.562. The molecule has 0 spiro atoms. The fourth-order valence-corrected chi connectivity index (χ4v) is 2.92. The molecule has 1 saturated heterocycles. The third kappa shape index (κ3) is 3.19. The van der Waals surface area contributed by atoms with Crippen LogP contribution in [0.2, 0.25) is 0 Å². The number of hydrogen-bond donors (Lipinski definition) is 2. The first-order valence-electron chi connectivity index (χ1n) is 7.31. The molecule has 2 N–H and O–H groups in total. The van der Waals surface area contributed by atoms with Gasteiger partial charge in [0.05, 0.1) is 12.0 Å². The highest BCUT2D eigenvalue weighted by molar-refractivity contribution is 5.96. The molecule has 1 amide bonds. The topological polar surface area (TPSA) is 50.4 Å². The molecule has 0 aromatic heterocycles. The summed E-state index contributed by atoms with van der Waals surface area (Å²) in [5.74, 6) is 0.132. The molecule has 1 heterocycles. The van der Waals surface area contributed by atoms with Crippen LogP contribution in [-0.2, 0) is 16.1 Å². The van der Waals surface area contributed by atoms with Crippen LogP contribution in [0.15, 0.2) is 24.3 Å². The van der Waals surface area contributed by atoms with Crippen LogP contribution in [0.5, 0.6) is 0 Å². The Morgan fingerprint density at radius 3 is 2.90 bits per heavy atom. The summed E-state index contributed by atoms with van der Waals surface area (Å²) in [5, 5.41) is 6.42. The van der Waals surface area contributed by atoms with Gasteiger partial charge >= 0.3 is 0 Å². The minimum atomic E-state index is -0.255. The van der Waals surface area contributed by atoms with Crippen LogP contribution in [0.3, 0.4) is 0 Å². The van der Waals surface area contributed by atoms with Crippen LogP contribution < -0.4 is 10.6 Å². The standard InChI is InChI=1S/C16H24N2O2/c1-3-8-16(9-10-17-12-16)15(19)18-14-7-5-4-6-13(14)11-20-2/h4-7,17H,3,8-12H2,1-2H3,(H,18,19). The fourth-order valence-electron chi connectivity index (χ4n) is 2.92. The molecule has 2 rings (SSSR count). The molecule has 4 nitrogen and oxygen atoms in total. The third-order valence-corrected chi connectivity index (χ3v) is 4.02. The number of rotatable bonds is 6. The monoisotopic (exact) mass is 276 g/mol. The van der Waals surface area contributed by atoms with Gasteiger partial charge in [0, 0.05) is 24.9 Å². The number of carbonyl (C=O) groups excluding carboxylic acids is 1. The molecule has 0 radical (unpaired) electrons. The normalized spacial score (nSPS) is 21.9. The van der Waals surface area contributed by atoms with Gasteiger partial charge < -0.3 is 15.4 Å². The van der Waals surface area contributed by atoms with E-state index in [2.05, 4.69) is 17.6 Å². The molecule has 1 unspecified atom stereocenters. The Balaban J connectivity index is 2.14. The van der Waals surface area contributed by atoms with Crippen LogP contribution in [0.1, 0.15) is 31.7 Å². The lowest BCUT2D eigenvalue weighted by Crippen LogP contribution is -2.38. The summed E-state index contributed by atoms with van der Waals surface area (Å²) in [4.78, 5) is 12.7. The molecule has 0 saturated carbocycles. The SMILES string of the molecule is CCCC1(C(=O)Nc2ccccc2COC)CCNC1. The summed E-state index contributed by atoms with van der Waals surface area (Å²) in [5.41, 5.74) is 1.62. The maximum absolute atomic E-state index is 12.7. The van der Waals surface area contributed by atoms with E-state index in [-0.39, 0.29) is 11.3 Å². The molecule has 1 atom stereocenters. The van der Waals surface area contributed by atoms with Crippen molar-refractivity contribution < 1.29 is 9.53 Å². The summed E-state index contributed by atoms with van der Waals surface area (Å²) >= 11 is 0. The molecule has 4 heteroatoms. The predicted octanol–water partition coefficient (Wildman–Crippen LogP) is 2.55. The van der Waals surface area contributed by atoms with Crippen molar-refractivity contribution in [3.8, 4) is 0 Å². The first kappa shape index (κ1) is 15.0. The van der Waals surface area contributed by atoms with Crippen LogP contribution in [0.25, 0.3) is 0 Å². The Morgan fingerprint density at radius 1 is 1.45 bits per heavy atom. The third-order valence-electron chi connectivity index (χ3n) is 4.02. The molecule has 1 aliphatic heterocycles. The lowest BCUT2D eigenvalue weighted by Gasteiger charge is -2.27. The van der Waals surface area contributed by atoms with E-state index in [4.69, 9.17) is 4.74 Å². The van der Waals surface area contributed by atoms with Crippen LogP contribution in [-0.4, -0.2) is 26.1 Å². The Labute approximate surface area is 120 Å². The van der Waals surface area contributed by atoms with Crippen molar-refractivity contribution in [2.75, 3.05) is 25.5 Å². The van der Waals surface area contributed by atoms with E-state index in [1.807, 2.05) is 24.3 Å². The Bertz CT molecular complexity index is 454. The zero-order valence-electron chi connectivity index (χ0n) is 12.4. The second-order valence-corrected chi connectivity index (χ2v) is 5.50. The molecule has 20 heavy (non-hydrogen) atoms. The maximum Gasteiger partial charge on any atom is 0.231 e. The van der Waals surface area contributed by atoms with Crippen LogP contribution in [0.4, 0.5) is 5.69 Å². The van der Waals surface area contributed by atoms with Gasteiger partial charge in [0.1, 0.15) is 0 Å². The van der Waals surface area contributed by atoms with Crippen molar-refractivity contribution in [1.29, 1.82) is 0 Å². The quantitative estimate of drug-likeness (QED) is 0.839. The van der Waals surface area contributed by atoms with Gasteiger partial charge in [0.15, 0.2) is 0 Å². The highest BCUT2D eigenvalue weighted by Gasteiger charge is 2.40. The highest BCUT2D eigenvalue weighted by atomic mass is 16.5. The number of carbonyl (C=O) groups is 1. The van der Waals surface area contributed by atoms with Gasteiger partial charge in [-0.1, -0.05) is 31.5 Å². The lowest BCUT2D eigenvalue weighted by molar-refractivity contribution is -0.125. The van der Waals surface area contributed by atoms with Gasteiger partial charge in [0.25, 0.3) is 0 Å². The molecular formula is C16H24N2O2. The molecular weight excluding hydrogens is 252 g/mol. The number of nitrogens with one attached hydrogen (secondary N) is 2. The highest BCUT2D eigenvalue weighted by Crippen LogP contribution is 2.33. The van der Waals surface area contributed by atoms with Gasteiger partial charge in [-0.25, -0.2) is 0 Å². The van der Waals surface area contributed by atoms with E-state index in [0.29, 0.717) is 6.61 Å². The van der Waals surface area contributed by atoms with Crippen molar-refractivity contribution in [1.82, 2.24) is 5.32 Å². The first-order valence-corrected chi connectivity index (χ1v) is 7.31. The van der Waals surface area contributed by atoms with Gasteiger partial charge in [0.2, 0.25) is 5.91 Å². The maximum atomic E-state index is 12.7. The van der Waals surface area contributed by atoms with Crippen molar-refractivity contribution in [2.45, 2.75) is 32.8 Å². The lowest BCUT2D eigenvalue weighted by atomic mass is 9.81. The van der Waals surface area contributed by atoms with Crippen molar-refractivity contribution in [3.63, 3.8) is 0 Å². The summed E-state index contributed by atoms with van der Waals surface area (Å²) in [7, 11) is 1.66. The Morgan fingerprint density at radius 2 is 2.25 bits per heavy atom. The number of para-hydroxylation sites is 1. The number of anilines is 1. The molecule has 1 aromatic rings. The van der Waals surface area contributed by atoms with E-state index < -0.39 is 0 Å². The Kier molecular flexibility index (Phi) is 5.15. The summed E-state index contributed by atoms with van der Waals surface area (Å²) in [6.07, 6.45) is 2.87. The summed E-state index contributed by atoms with van der Waals surface area (Å²) in [6.45, 7) is 4.34. The van der Waals surface area contributed by atoms with Gasteiger partial charge in [-0.15, -0.1) is 0 Å². The zero-order valence-corrected chi connectivity index (χ0v) is 12.4. The van der Waals surface area contributed by atoms with Gasteiger partial charge in [-0.2, -0.15) is 0 Å². The molecule has 1 aromatic carbocycles. The van der Waals surface area contributed by atoms with Crippen molar-refractivity contribution in [2.24, 2.45) is 5.41 Å². The average molecular weight is 276 g/mol. The van der Waals surface area contributed by atoms with Gasteiger partial charge in [-0.05, 0) is 25.5 Å². The van der Waals surface area contributed by atoms with E-state index >= 15 is 0 Å². The number of hydrogen-bond acceptors (Lipinski definition) is 3. The van der Waals surface area contributed by atoms with Crippen LogP contribution >= 0.6 is 0 Å². The zero-order chi connectivity index (χ0) is 14.4. The van der Waals surface area contributed by atoms with E-state index in [0.717, 1.165) is 43.6 Å². The average Bonchev–Trinajstić information content (AvgIpc) is 2.91.